The predicted octanol–water partition coefficient (Wildman–Crippen LogP) is 9.26. The lowest BCUT2D eigenvalue weighted by Crippen LogP contribution is -1.84. The van der Waals surface area contributed by atoms with Crippen LogP contribution in [0.25, 0.3) is 11.1 Å². The van der Waals surface area contributed by atoms with Gasteiger partial charge in [0, 0.05) is 33.4 Å². The standard InChI is InChI=1S/C21H14O2.C21H14O/c22-16-19-10-8-17(9-11-19)6-7-18-12-14-21(15-13-18)23-20-4-2-1-3-5-20;22-16-19-10-8-17(9-11-19)6-7-18-12-14-21(15-13-18)20-4-2-1-3-5-20/h1-5,8-16H;1-5,8-16H. The second kappa shape index (κ2) is 15.7. The summed E-state index contributed by atoms with van der Waals surface area (Å²) in [5.41, 5.74) is 7.35. The fraction of sp³-hybridized carbons (Fsp3) is 0. The number of ether oxygens (including phenoxy) is 1. The summed E-state index contributed by atoms with van der Waals surface area (Å²) >= 11 is 0. The van der Waals surface area contributed by atoms with Gasteiger partial charge in [0.05, 0.1) is 0 Å². The van der Waals surface area contributed by atoms with Gasteiger partial charge >= 0.3 is 0 Å². The second-order valence-electron chi connectivity index (χ2n) is 9.86. The molecule has 0 saturated carbocycles. The normalized spacial score (nSPS) is 9.60. The summed E-state index contributed by atoms with van der Waals surface area (Å²) in [5, 5.41) is 0. The minimum Gasteiger partial charge on any atom is -0.457 e. The number of hydrogen-bond acceptors (Lipinski definition) is 3. The highest BCUT2D eigenvalue weighted by Crippen LogP contribution is 2.21. The van der Waals surface area contributed by atoms with Crippen molar-refractivity contribution in [1.82, 2.24) is 0 Å². The molecule has 0 heterocycles. The average molecular weight is 581 g/mol. The Kier molecular flexibility index (Phi) is 10.5. The molecule has 0 N–H and O–H groups in total. The Morgan fingerprint density at radius 3 is 1.11 bits per heavy atom. The van der Waals surface area contributed by atoms with E-state index in [1.54, 1.807) is 24.3 Å². The lowest BCUT2D eigenvalue weighted by molar-refractivity contribution is 0.111. The molecule has 0 aliphatic carbocycles. The molecule has 3 nitrogen and oxygen atoms in total. The summed E-state index contributed by atoms with van der Waals surface area (Å²) in [4.78, 5) is 21.2. The first-order valence-electron chi connectivity index (χ1n) is 14.3. The van der Waals surface area contributed by atoms with E-state index in [-0.39, 0.29) is 0 Å². The van der Waals surface area contributed by atoms with E-state index in [0.717, 1.165) is 46.3 Å². The van der Waals surface area contributed by atoms with Crippen LogP contribution in [-0.2, 0) is 0 Å². The first kappa shape index (κ1) is 30.1. The number of benzene rings is 6. The maximum atomic E-state index is 10.6. The summed E-state index contributed by atoms with van der Waals surface area (Å²) in [5.74, 6) is 14.0. The minimum atomic E-state index is 0.651. The van der Waals surface area contributed by atoms with Crippen LogP contribution < -0.4 is 4.74 Å². The third-order valence-electron chi connectivity index (χ3n) is 6.62. The van der Waals surface area contributed by atoms with E-state index in [1.807, 2.05) is 109 Å². The van der Waals surface area contributed by atoms with Gasteiger partial charge in [-0.2, -0.15) is 0 Å². The van der Waals surface area contributed by atoms with Crippen molar-refractivity contribution in [3.05, 3.63) is 191 Å². The van der Waals surface area contributed by atoms with E-state index in [2.05, 4.69) is 47.9 Å². The third kappa shape index (κ3) is 9.29. The van der Waals surface area contributed by atoms with Crippen molar-refractivity contribution < 1.29 is 14.3 Å². The molecule has 0 unspecified atom stereocenters. The van der Waals surface area contributed by atoms with E-state index in [9.17, 15) is 9.59 Å². The van der Waals surface area contributed by atoms with Gasteiger partial charge in [0.1, 0.15) is 24.1 Å². The number of carbonyl (C=O) groups is 2. The van der Waals surface area contributed by atoms with Crippen molar-refractivity contribution in [2.75, 3.05) is 0 Å². The van der Waals surface area contributed by atoms with Crippen LogP contribution in [0.15, 0.2) is 158 Å². The number of hydrogen-bond donors (Lipinski definition) is 0. The monoisotopic (exact) mass is 580 g/mol. The smallest absolute Gasteiger partial charge is 0.150 e. The molecule has 0 radical (unpaired) electrons. The Labute approximate surface area is 263 Å². The fourth-order valence-corrected chi connectivity index (χ4v) is 4.19. The van der Waals surface area contributed by atoms with Crippen LogP contribution in [0.2, 0.25) is 0 Å². The number of aldehydes is 2. The molecule has 214 valence electrons. The van der Waals surface area contributed by atoms with Gasteiger partial charge in [-0.15, -0.1) is 0 Å². The zero-order chi connectivity index (χ0) is 31.1. The molecular weight excluding hydrogens is 552 g/mol. The van der Waals surface area contributed by atoms with Crippen LogP contribution >= 0.6 is 0 Å². The summed E-state index contributed by atoms with van der Waals surface area (Å²) in [7, 11) is 0. The van der Waals surface area contributed by atoms with Crippen molar-refractivity contribution in [1.29, 1.82) is 0 Å². The summed E-state index contributed by atoms with van der Waals surface area (Å²) < 4.78 is 5.74. The molecule has 6 aromatic rings. The highest BCUT2D eigenvalue weighted by atomic mass is 16.5. The van der Waals surface area contributed by atoms with Crippen molar-refractivity contribution in [2.24, 2.45) is 0 Å². The molecule has 0 fully saturated rings. The van der Waals surface area contributed by atoms with Crippen LogP contribution in [0.3, 0.4) is 0 Å². The molecule has 0 aliphatic rings. The largest absolute Gasteiger partial charge is 0.457 e. The van der Waals surface area contributed by atoms with Gasteiger partial charge < -0.3 is 4.74 Å². The van der Waals surface area contributed by atoms with Crippen LogP contribution in [0, 0.1) is 23.7 Å². The molecular formula is C42H28O3. The zero-order valence-electron chi connectivity index (χ0n) is 24.4. The molecule has 3 heteroatoms. The van der Waals surface area contributed by atoms with Gasteiger partial charge in [0.25, 0.3) is 0 Å². The van der Waals surface area contributed by atoms with E-state index in [4.69, 9.17) is 4.74 Å². The van der Waals surface area contributed by atoms with Crippen molar-refractivity contribution in [3.8, 4) is 46.3 Å². The first-order valence-corrected chi connectivity index (χ1v) is 14.3. The number of carbonyl (C=O) groups excluding carboxylic acids is 2. The van der Waals surface area contributed by atoms with Crippen LogP contribution in [0.4, 0.5) is 0 Å². The number of rotatable bonds is 5. The van der Waals surface area contributed by atoms with Gasteiger partial charge in [0.2, 0.25) is 0 Å². The molecule has 0 bridgehead atoms. The zero-order valence-corrected chi connectivity index (χ0v) is 24.4. The second-order valence-corrected chi connectivity index (χ2v) is 9.86. The number of para-hydroxylation sites is 1. The maximum absolute atomic E-state index is 10.6. The van der Waals surface area contributed by atoms with E-state index in [0.29, 0.717) is 11.1 Å². The minimum absolute atomic E-state index is 0.651. The molecule has 45 heavy (non-hydrogen) atoms. The van der Waals surface area contributed by atoms with Gasteiger partial charge in [0.15, 0.2) is 0 Å². The molecule has 0 spiro atoms. The van der Waals surface area contributed by atoms with E-state index < -0.39 is 0 Å². The van der Waals surface area contributed by atoms with E-state index in [1.165, 1.54) is 11.1 Å². The summed E-state index contributed by atoms with van der Waals surface area (Å²) in [6.45, 7) is 0. The van der Waals surface area contributed by atoms with Gasteiger partial charge in [-0.25, -0.2) is 0 Å². The Balaban J connectivity index is 0.000000178. The highest BCUT2D eigenvalue weighted by Gasteiger charge is 1.97. The molecule has 0 amide bonds. The molecule has 6 aromatic carbocycles. The quantitative estimate of drug-likeness (QED) is 0.151. The van der Waals surface area contributed by atoms with Crippen LogP contribution in [0.5, 0.6) is 11.5 Å². The Morgan fingerprint density at radius 1 is 0.356 bits per heavy atom. The first-order chi connectivity index (χ1) is 22.2. The van der Waals surface area contributed by atoms with Crippen molar-refractivity contribution >= 4 is 12.6 Å². The van der Waals surface area contributed by atoms with E-state index >= 15 is 0 Å². The van der Waals surface area contributed by atoms with Gasteiger partial charge in [-0.3, -0.25) is 9.59 Å². The molecule has 0 atom stereocenters. The summed E-state index contributed by atoms with van der Waals surface area (Å²) in [6.07, 6.45) is 1.65. The molecule has 0 aliphatic heterocycles. The Morgan fingerprint density at radius 2 is 0.689 bits per heavy atom. The maximum Gasteiger partial charge on any atom is 0.150 e. The predicted molar refractivity (Wildman–Crippen MR) is 180 cm³/mol. The molecule has 6 rings (SSSR count). The molecule has 0 saturated heterocycles. The Hall–Kier alpha value is -6.42. The Bertz CT molecular complexity index is 1950. The lowest BCUT2D eigenvalue weighted by Gasteiger charge is -2.04. The lowest BCUT2D eigenvalue weighted by atomic mass is 10.0. The van der Waals surface area contributed by atoms with Crippen LogP contribution in [-0.4, -0.2) is 12.6 Å². The molecule has 0 aromatic heterocycles. The highest BCUT2D eigenvalue weighted by molar-refractivity contribution is 5.75. The van der Waals surface area contributed by atoms with Crippen LogP contribution in [0.1, 0.15) is 43.0 Å². The van der Waals surface area contributed by atoms with Crippen molar-refractivity contribution in [3.63, 3.8) is 0 Å². The fourth-order valence-electron chi connectivity index (χ4n) is 4.19. The third-order valence-corrected chi connectivity index (χ3v) is 6.62. The SMILES string of the molecule is O=Cc1ccc(C#Cc2ccc(-c3ccccc3)cc2)cc1.O=Cc1ccc(C#Cc2ccc(Oc3ccccc3)cc2)cc1. The summed E-state index contributed by atoms with van der Waals surface area (Å²) in [6, 6.07) is 50.2. The average Bonchev–Trinajstić information content (AvgIpc) is 3.12. The van der Waals surface area contributed by atoms with Crippen molar-refractivity contribution in [2.45, 2.75) is 0 Å². The topological polar surface area (TPSA) is 43.4 Å². The van der Waals surface area contributed by atoms with Gasteiger partial charge in [-0.1, -0.05) is 109 Å². The van der Waals surface area contributed by atoms with Gasteiger partial charge in [-0.05, 0) is 83.9 Å².